The molecule has 1 aromatic heterocycles. The fraction of sp³-hybridized carbons (Fsp3) is 0.0769. The van der Waals surface area contributed by atoms with E-state index in [1.165, 1.54) is 0 Å². The monoisotopic (exact) mass is 456 g/mol. The zero-order chi connectivity index (χ0) is 22.9. The Kier molecular flexibility index (Phi) is 5.25. The van der Waals surface area contributed by atoms with E-state index in [2.05, 4.69) is 6.07 Å². The van der Waals surface area contributed by atoms with Gasteiger partial charge in [-0.1, -0.05) is 48.0 Å². The van der Waals surface area contributed by atoms with E-state index in [1.807, 2.05) is 18.2 Å². The zero-order valence-electron chi connectivity index (χ0n) is 17.2. The van der Waals surface area contributed by atoms with Crippen LogP contribution in [0, 0.1) is 11.3 Å². The predicted molar refractivity (Wildman–Crippen MR) is 124 cm³/mol. The molecule has 0 amide bonds. The number of para-hydroxylation sites is 1. The lowest BCUT2D eigenvalue weighted by molar-refractivity contribution is 0.306. The Hall–Kier alpha value is -4.21. The van der Waals surface area contributed by atoms with Crippen LogP contribution in [0.25, 0.3) is 11.0 Å². The van der Waals surface area contributed by atoms with Gasteiger partial charge in [-0.25, -0.2) is 4.79 Å². The number of nitrogens with zero attached hydrogens (tertiary/aromatic N) is 1. The average Bonchev–Trinajstić information content (AvgIpc) is 2.83. The maximum Gasteiger partial charge on any atom is 0.344 e. The molecule has 162 valence electrons. The van der Waals surface area contributed by atoms with Crippen molar-refractivity contribution in [2.75, 3.05) is 0 Å². The Labute approximate surface area is 194 Å². The molecule has 1 aliphatic heterocycles. The minimum Gasteiger partial charge on any atom is -0.489 e. The molecule has 0 spiro atoms. The van der Waals surface area contributed by atoms with Crippen LogP contribution in [-0.4, -0.2) is 0 Å². The van der Waals surface area contributed by atoms with Crippen molar-refractivity contribution >= 4 is 22.6 Å². The molecule has 1 atom stereocenters. The van der Waals surface area contributed by atoms with Gasteiger partial charge >= 0.3 is 5.63 Å². The van der Waals surface area contributed by atoms with E-state index in [4.69, 9.17) is 31.2 Å². The number of hydrogen-bond donors (Lipinski definition) is 1. The standard InChI is InChI=1S/C26H17ClN2O4/c27-17-9-5-15(6-10-17)14-31-18-11-7-16(8-12-18)22-20(13-28)25(29)33-24-19-3-1-2-4-21(19)32-26(30)23(22)24/h1-12,22H,14,29H2/t22-/m0/s1. The highest BCUT2D eigenvalue weighted by Crippen LogP contribution is 2.43. The Balaban J connectivity index is 1.52. The van der Waals surface area contributed by atoms with Crippen LogP contribution in [0.3, 0.4) is 0 Å². The second kappa shape index (κ2) is 8.38. The molecule has 0 saturated heterocycles. The van der Waals surface area contributed by atoms with Gasteiger partial charge in [0.1, 0.15) is 29.6 Å². The SMILES string of the molecule is N#CC1=C(N)Oc2c(c(=O)oc3ccccc23)[C@H]1c1ccc(OCc2ccc(Cl)cc2)cc1. The average molecular weight is 457 g/mol. The third-order valence-corrected chi connectivity index (χ3v) is 5.76. The Morgan fingerprint density at radius 1 is 1.03 bits per heavy atom. The quantitative estimate of drug-likeness (QED) is 0.421. The second-order valence-corrected chi connectivity index (χ2v) is 7.97. The first-order valence-electron chi connectivity index (χ1n) is 10.2. The number of nitriles is 1. The van der Waals surface area contributed by atoms with Crippen molar-refractivity contribution < 1.29 is 13.9 Å². The highest BCUT2D eigenvalue weighted by atomic mass is 35.5. The van der Waals surface area contributed by atoms with E-state index in [0.717, 1.165) is 5.56 Å². The largest absolute Gasteiger partial charge is 0.489 e. The Morgan fingerprint density at radius 3 is 2.48 bits per heavy atom. The minimum absolute atomic E-state index is 0.0335. The normalized spacial score (nSPS) is 15.0. The molecule has 0 unspecified atom stereocenters. The highest BCUT2D eigenvalue weighted by Gasteiger charge is 2.35. The lowest BCUT2D eigenvalue weighted by atomic mass is 9.84. The van der Waals surface area contributed by atoms with Gasteiger partial charge in [-0.05, 0) is 47.5 Å². The van der Waals surface area contributed by atoms with Crippen molar-refractivity contribution in [3.05, 3.63) is 116 Å². The second-order valence-electron chi connectivity index (χ2n) is 7.54. The van der Waals surface area contributed by atoms with Gasteiger partial charge in [-0.3, -0.25) is 0 Å². The van der Waals surface area contributed by atoms with Gasteiger partial charge in [-0.2, -0.15) is 5.26 Å². The predicted octanol–water partition coefficient (Wildman–Crippen LogP) is 5.24. The van der Waals surface area contributed by atoms with Gasteiger partial charge in [0.25, 0.3) is 0 Å². The van der Waals surface area contributed by atoms with Gasteiger partial charge < -0.3 is 19.6 Å². The summed E-state index contributed by atoms with van der Waals surface area (Å²) in [5.41, 5.74) is 7.98. The summed E-state index contributed by atoms with van der Waals surface area (Å²) < 4.78 is 17.1. The fourth-order valence-electron chi connectivity index (χ4n) is 3.90. The van der Waals surface area contributed by atoms with Crippen LogP contribution in [0.1, 0.15) is 22.6 Å². The molecule has 7 heteroatoms. The van der Waals surface area contributed by atoms with Gasteiger partial charge in [0.2, 0.25) is 5.88 Å². The van der Waals surface area contributed by atoms with Gasteiger partial charge in [0.15, 0.2) is 5.75 Å². The number of halogens is 1. The van der Waals surface area contributed by atoms with Crippen molar-refractivity contribution in [1.82, 2.24) is 0 Å². The van der Waals surface area contributed by atoms with Gasteiger partial charge in [0.05, 0.1) is 16.9 Å². The number of ether oxygens (including phenoxy) is 2. The van der Waals surface area contributed by atoms with E-state index >= 15 is 0 Å². The van der Waals surface area contributed by atoms with Crippen molar-refractivity contribution in [2.24, 2.45) is 5.73 Å². The van der Waals surface area contributed by atoms with Crippen LogP contribution in [0.5, 0.6) is 11.5 Å². The molecule has 0 fully saturated rings. The van der Waals surface area contributed by atoms with Crippen LogP contribution in [0.15, 0.2) is 93.5 Å². The number of benzene rings is 3. The summed E-state index contributed by atoms with van der Waals surface area (Å²) in [5, 5.41) is 11.0. The van der Waals surface area contributed by atoms with E-state index in [1.54, 1.807) is 54.6 Å². The molecular weight excluding hydrogens is 440 g/mol. The number of hydrogen-bond acceptors (Lipinski definition) is 6. The Bertz CT molecular complexity index is 1480. The maximum atomic E-state index is 12.9. The smallest absolute Gasteiger partial charge is 0.344 e. The summed E-state index contributed by atoms with van der Waals surface area (Å²) in [6.07, 6.45) is 0. The molecule has 4 aromatic rings. The fourth-order valence-corrected chi connectivity index (χ4v) is 4.03. The van der Waals surface area contributed by atoms with Crippen molar-refractivity contribution in [3.63, 3.8) is 0 Å². The number of allylic oxidation sites excluding steroid dienone is 1. The molecule has 5 rings (SSSR count). The van der Waals surface area contributed by atoms with Crippen LogP contribution >= 0.6 is 11.6 Å². The van der Waals surface area contributed by atoms with Crippen molar-refractivity contribution in [2.45, 2.75) is 12.5 Å². The molecule has 1 aliphatic rings. The lowest BCUT2D eigenvalue weighted by Gasteiger charge is -2.26. The summed E-state index contributed by atoms with van der Waals surface area (Å²) in [6, 6.07) is 23.7. The first-order valence-corrected chi connectivity index (χ1v) is 10.5. The number of rotatable bonds is 4. The molecule has 33 heavy (non-hydrogen) atoms. The van der Waals surface area contributed by atoms with Crippen LogP contribution in [0.4, 0.5) is 0 Å². The molecule has 0 bridgehead atoms. The summed E-state index contributed by atoms with van der Waals surface area (Å²) in [7, 11) is 0. The van der Waals surface area contributed by atoms with E-state index in [9.17, 15) is 10.1 Å². The first kappa shape index (κ1) is 20.7. The van der Waals surface area contributed by atoms with Crippen LogP contribution in [-0.2, 0) is 6.61 Å². The molecule has 2 N–H and O–H groups in total. The minimum atomic E-state index is -0.718. The molecule has 0 aliphatic carbocycles. The van der Waals surface area contributed by atoms with Crippen molar-refractivity contribution in [3.8, 4) is 17.6 Å². The summed E-state index contributed by atoms with van der Waals surface area (Å²) >= 11 is 5.92. The van der Waals surface area contributed by atoms with E-state index in [0.29, 0.717) is 39.7 Å². The molecule has 0 radical (unpaired) electrons. The number of fused-ring (bicyclic) bond motifs is 3. The highest BCUT2D eigenvalue weighted by molar-refractivity contribution is 6.30. The van der Waals surface area contributed by atoms with Crippen LogP contribution in [0.2, 0.25) is 5.02 Å². The third-order valence-electron chi connectivity index (χ3n) is 5.51. The molecule has 2 heterocycles. The Morgan fingerprint density at radius 2 is 1.76 bits per heavy atom. The summed E-state index contributed by atoms with van der Waals surface area (Å²) in [5.74, 6) is 0.201. The number of nitrogens with two attached hydrogens (primary N) is 1. The molecular formula is C26H17ClN2O4. The summed E-state index contributed by atoms with van der Waals surface area (Å²) in [6.45, 7) is 0.377. The summed E-state index contributed by atoms with van der Waals surface area (Å²) in [4.78, 5) is 12.9. The maximum absolute atomic E-state index is 12.9. The molecule has 0 saturated carbocycles. The molecule has 6 nitrogen and oxygen atoms in total. The van der Waals surface area contributed by atoms with Gasteiger partial charge in [0, 0.05) is 5.02 Å². The first-order chi connectivity index (χ1) is 16.0. The van der Waals surface area contributed by atoms with Gasteiger partial charge in [-0.15, -0.1) is 0 Å². The van der Waals surface area contributed by atoms with Crippen molar-refractivity contribution in [1.29, 1.82) is 5.26 Å². The van der Waals surface area contributed by atoms with E-state index < -0.39 is 11.5 Å². The van der Waals surface area contributed by atoms with E-state index in [-0.39, 0.29) is 17.0 Å². The lowest BCUT2D eigenvalue weighted by Crippen LogP contribution is -2.26. The topological polar surface area (TPSA) is 98.5 Å². The molecule has 3 aromatic carbocycles. The third kappa shape index (κ3) is 3.79. The van der Waals surface area contributed by atoms with Crippen LogP contribution < -0.4 is 20.8 Å². The zero-order valence-corrected chi connectivity index (χ0v) is 18.0.